The molecule has 0 bridgehead atoms. The molecule has 0 spiro atoms. The molecule has 0 amide bonds. The van der Waals surface area contributed by atoms with Gasteiger partial charge in [0.05, 0.1) is 0 Å². The first-order chi connectivity index (χ1) is 16.4. The highest BCUT2D eigenvalue weighted by molar-refractivity contribution is 6.69. The molecule has 0 saturated heterocycles. The molecule has 34 heavy (non-hydrogen) atoms. The quantitative estimate of drug-likeness (QED) is 0.152. The summed E-state index contributed by atoms with van der Waals surface area (Å²) in [5.41, 5.74) is 5.61. The van der Waals surface area contributed by atoms with Gasteiger partial charge in [-0.2, -0.15) is 0 Å². The first kappa shape index (κ1) is 28.9. The van der Waals surface area contributed by atoms with Crippen LogP contribution in [0.4, 0.5) is 0 Å². The van der Waals surface area contributed by atoms with Crippen LogP contribution in [-0.2, 0) is 17.3 Å². The first-order valence-corrected chi connectivity index (χ1v) is 17.6. The summed E-state index contributed by atoms with van der Waals surface area (Å²) in [6.45, 7) is 11.4. The lowest BCUT2D eigenvalue weighted by atomic mass is 9.98. The number of aryl methyl sites for hydroxylation is 2. The van der Waals surface area contributed by atoms with Crippen molar-refractivity contribution in [3.8, 4) is 11.1 Å². The summed E-state index contributed by atoms with van der Waals surface area (Å²) < 4.78 is 6.15. The summed E-state index contributed by atoms with van der Waals surface area (Å²) in [7, 11) is -1.39. The molecule has 0 N–H and O–H groups in total. The van der Waals surface area contributed by atoms with Crippen molar-refractivity contribution < 1.29 is 4.43 Å². The zero-order valence-electron chi connectivity index (χ0n) is 23.0. The summed E-state index contributed by atoms with van der Waals surface area (Å²) in [6.07, 6.45) is 19.0. The highest BCUT2D eigenvalue weighted by Gasteiger charge is 2.17. The SMILES string of the molecule is CCCCCCCCCCc1ccc(-c2ccc(CCCCCC(C)O[Si](C)(C)C)cc2)cc1. The Morgan fingerprint density at radius 1 is 0.588 bits per heavy atom. The highest BCUT2D eigenvalue weighted by Crippen LogP contribution is 2.22. The number of benzene rings is 2. The molecule has 0 heterocycles. The van der Waals surface area contributed by atoms with E-state index in [2.05, 4.69) is 82.0 Å². The van der Waals surface area contributed by atoms with Crippen LogP contribution in [0.5, 0.6) is 0 Å². The van der Waals surface area contributed by atoms with E-state index in [1.165, 1.54) is 112 Å². The summed E-state index contributed by atoms with van der Waals surface area (Å²) >= 11 is 0. The molecule has 2 aromatic rings. The maximum absolute atomic E-state index is 6.15. The van der Waals surface area contributed by atoms with E-state index in [1.807, 2.05) is 0 Å². The van der Waals surface area contributed by atoms with Gasteiger partial charge in [-0.3, -0.25) is 0 Å². The molecule has 1 atom stereocenters. The number of hydrogen-bond acceptors (Lipinski definition) is 1. The fourth-order valence-electron chi connectivity index (χ4n) is 4.79. The monoisotopic (exact) mass is 480 g/mol. The van der Waals surface area contributed by atoms with Crippen LogP contribution in [0.25, 0.3) is 11.1 Å². The second-order valence-electron chi connectivity index (χ2n) is 11.3. The summed E-state index contributed by atoms with van der Waals surface area (Å²) in [5.74, 6) is 0. The molecule has 0 fully saturated rings. The molecule has 0 aromatic heterocycles. The van der Waals surface area contributed by atoms with E-state index in [4.69, 9.17) is 4.43 Å². The Morgan fingerprint density at radius 2 is 1.00 bits per heavy atom. The lowest BCUT2D eigenvalue weighted by molar-refractivity contribution is 0.199. The van der Waals surface area contributed by atoms with Crippen LogP contribution in [0.15, 0.2) is 48.5 Å². The third kappa shape index (κ3) is 12.9. The molecule has 2 aromatic carbocycles. The molecule has 0 aliphatic carbocycles. The lowest BCUT2D eigenvalue weighted by Gasteiger charge is -2.23. The van der Waals surface area contributed by atoms with E-state index >= 15 is 0 Å². The van der Waals surface area contributed by atoms with Gasteiger partial charge in [-0.25, -0.2) is 0 Å². The molecular formula is C32H52OSi. The zero-order valence-corrected chi connectivity index (χ0v) is 24.0. The Kier molecular flexibility index (Phi) is 13.8. The average molecular weight is 481 g/mol. The van der Waals surface area contributed by atoms with Crippen molar-refractivity contribution >= 4 is 8.32 Å². The van der Waals surface area contributed by atoms with Gasteiger partial charge in [-0.15, -0.1) is 0 Å². The van der Waals surface area contributed by atoms with Crippen LogP contribution >= 0.6 is 0 Å². The van der Waals surface area contributed by atoms with Crippen LogP contribution in [0.2, 0.25) is 19.6 Å². The van der Waals surface area contributed by atoms with Crippen molar-refractivity contribution in [2.45, 2.75) is 129 Å². The van der Waals surface area contributed by atoms with Gasteiger partial charge >= 0.3 is 0 Å². The van der Waals surface area contributed by atoms with Crippen molar-refractivity contribution in [2.75, 3.05) is 0 Å². The van der Waals surface area contributed by atoms with Crippen molar-refractivity contribution in [3.63, 3.8) is 0 Å². The summed E-state index contributed by atoms with van der Waals surface area (Å²) in [5, 5.41) is 0. The average Bonchev–Trinajstić information content (AvgIpc) is 2.80. The van der Waals surface area contributed by atoms with Gasteiger partial charge < -0.3 is 4.43 Å². The van der Waals surface area contributed by atoms with E-state index in [1.54, 1.807) is 0 Å². The van der Waals surface area contributed by atoms with Crippen LogP contribution in [0, 0.1) is 0 Å². The molecule has 2 rings (SSSR count). The van der Waals surface area contributed by atoms with E-state index in [0.717, 1.165) is 0 Å². The number of hydrogen-bond donors (Lipinski definition) is 0. The fraction of sp³-hybridized carbons (Fsp3) is 0.625. The topological polar surface area (TPSA) is 9.23 Å². The minimum absolute atomic E-state index is 0.414. The molecule has 0 aliphatic heterocycles. The van der Waals surface area contributed by atoms with Crippen LogP contribution < -0.4 is 0 Å². The maximum atomic E-state index is 6.15. The normalized spacial score (nSPS) is 12.7. The van der Waals surface area contributed by atoms with E-state index in [0.29, 0.717) is 6.10 Å². The van der Waals surface area contributed by atoms with Crippen molar-refractivity contribution in [2.24, 2.45) is 0 Å². The molecular weight excluding hydrogens is 428 g/mol. The second-order valence-corrected chi connectivity index (χ2v) is 15.7. The third-order valence-electron chi connectivity index (χ3n) is 6.69. The number of rotatable bonds is 18. The van der Waals surface area contributed by atoms with Crippen LogP contribution in [0.1, 0.15) is 102 Å². The molecule has 1 nitrogen and oxygen atoms in total. The summed E-state index contributed by atoms with van der Waals surface area (Å²) in [6, 6.07) is 18.5. The molecule has 1 unspecified atom stereocenters. The van der Waals surface area contributed by atoms with E-state index in [9.17, 15) is 0 Å². The third-order valence-corrected chi connectivity index (χ3v) is 7.80. The van der Waals surface area contributed by atoms with Gasteiger partial charge in [0.15, 0.2) is 8.32 Å². The van der Waals surface area contributed by atoms with Gasteiger partial charge in [0.1, 0.15) is 0 Å². The van der Waals surface area contributed by atoms with Crippen molar-refractivity contribution in [3.05, 3.63) is 59.7 Å². The van der Waals surface area contributed by atoms with Crippen molar-refractivity contribution in [1.82, 2.24) is 0 Å². The predicted molar refractivity (Wildman–Crippen MR) is 154 cm³/mol. The smallest absolute Gasteiger partial charge is 0.184 e. The molecule has 190 valence electrons. The van der Waals surface area contributed by atoms with Crippen LogP contribution in [-0.4, -0.2) is 14.4 Å². The highest BCUT2D eigenvalue weighted by atomic mass is 28.4. The minimum atomic E-state index is -1.39. The van der Waals surface area contributed by atoms with Gasteiger partial charge in [0, 0.05) is 6.10 Å². The minimum Gasteiger partial charge on any atom is -0.415 e. The molecule has 0 saturated carbocycles. The first-order valence-electron chi connectivity index (χ1n) is 14.2. The molecule has 2 heteroatoms. The Labute approximate surface area is 212 Å². The lowest BCUT2D eigenvalue weighted by Crippen LogP contribution is -2.30. The largest absolute Gasteiger partial charge is 0.415 e. The standard InChI is InChI=1S/C32H52OSi/c1-6-7-8-9-10-11-12-15-18-29-20-24-31(25-21-29)32-26-22-30(23-27-32)19-16-13-14-17-28(2)33-34(3,4)5/h20-28H,6-19H2,1-5H3. The Hall–Kier alpha value is -1.38. The second kappa shape index (κ2) is 16.3. The Bertz CT molecular complexity index is 757. The summed E-state index contributed by atoms with van der Waals surface area (Å²) in [4.78, 5) is 0. The van der Waals surface area contributed by atoms with Gasteiger partial charge in [0.2, 0.25) is 0 Å². The van der Waals surface area contributed by atoms with E-state index in [-0.39, 0.29) is 0 Å². The van der Waals surface area contributed by atoms with Crippen LogP contribution in [0.3, 0.4) is 0 Å². The fourth-order valence-corrected chi connectivity index (χ4v) is 6.12. The predicted octanol–water partition coefficient (Wildman–Crippen LogP) is 10.4. The Morgan fingerprint density at radius 3 is 1.44 bits per heavy atom. The zero-order chi connectivity index (χ0) is 24.7. The van der Waals surface area contributed by atoms with Gasteiger partial charge in [-0.1, -0.05) is 113 Å². The van der Waals surface area contributed by atoms with Gasteiger partial charge in [0.25, 0.3) is 0 Å². The van der Waals surface area contributed by atoms with Gasteiger partial charge in [-0.05, 0) is 80.9 Å². The molecule has 0 radical (unpaired) electrons. The van der Waals surface area contributed by atoms with E-state index < -0.39 is 8.32 Å². The van der Waals surface area contributed by atoms with Crippen molar-refractivity contribution in [1.29, 1.82) is 0 Å². The molecule has 0 aliphatic rings. The Balaban J connectivity index is 1.63. The maximum Gasteiger partial charge on any atom is 0.184 e. The number of unbranched alkanes of at least 4 members (excludes halogenated alkanes) is 9.